The van der Waals surface area contributed by atoms with Gasteiger partial charge in [-0.1, -0.05) is 109 Å². The molecule has 0 aliphatic carbocycles. The van der Waals surface area contributed by atoms with E-state index in [0.29, 0.717) is 14.8 Å². The number of amides is 2. The van der Waals surface area contributed by atoms with Gasteiger partial charge in [0.1, 0.15) is 4.32 Å². The molecular weight excluding hydrogens is 496 g/mol. The zero-order valence-electron chi connectivity index (χ0n) is 19.7. The second-order valence-corrected chi connectivity index (χ2v) is 10.7. The first-order valence-corrected chi connectivity index (χ1v) is 13.2. The van der Waals surface area contributed by atoms with E-state index in [0.717, 1.165) is 27.9 Å². The Morgan fingerprint density at radius 3 is 2.08 bits per heavy atom. The molecule has 6 heteroatoms. The van der Waals surface area contributed by atoms with Gasteiger partial charge in [0, 0.05) is 17.2 Å². The van der Waals surface area contributed by atoms with E-state index in [1.807, 2.05) is 89.8 Å². The van der Waals surface area contributed by atoms with Gasteiger partial charge in [0.15, 0.2) is 0 Å². The Hall–Kier alpha value is -4.00. The summed E-state index contributed by atoms with van der Waals surface area (Å²) in [6.45, 7) is 0. The molecule has 1 N–H and O–H groups in total. The number of fused-ring (bicyclic) bond motifs is 1. The normalized spacial score (nSPS) is 19.7. The third-order valence-corrected chi connectivity index (χ3v) is 7.88. The van der Waals surface area contributed by atoms with Crippen molar-refractivity contribution in [1.29, 1.82) is 0 Å². The SMILES string of the molecule is O=C1NC(=S)SC1=Cc1ccc2c(c1)C(c1ccccc1)C(c1ccccc1)N2C(=O)c1ccccc1. The highest BCUT2D eigenvalue weighted by molar-refractivity contribution is 8.26. The van der Waals surface area contributed by atoms with Gasteiger partial charge < -0.3 is 5.32 Å². The van der Waals surface area contributed by atoms with Crippen LogP contribution in [0.1, 0.15) is 44.6 Å². The molecule has 0 spiro atoms. The lowest BCUT2D eigenvalue weighted by atomic mass is 9.84. The van der Waals surface area contributed by atoms with Gasteiger partial charge in [-0.15, -0.1) is 0 Å². The Kier molecular flexibility index (Phi) is 6.20. The molecule has 2 heterocycles. The summed E-state index contributed by atoms with van der Waals surface area (Å²) in [6.07, 6.45) is 1.86. The Bertz CT molecular complexity index is 1540. The summed E-state index contributed by atoms with van der Waals surface area (Å²) in [5.41, 5.74) is 5.64. The highest BCUT2D eigenvalue weighted by Crippen LogP contribution is 2.53. The highest BCUT2D eigenvalue weighted by atomic mass is 32.2. The molecule has 4 aromatic carbocycles. The van der Waals surface area contributed by atoms with Gasteiger partial charge in [-0.2, -0.15) is 0 Å². The monoisotopic (exact) mass is 518 g/mol. The van der Waals surface area contributed by atoms with E-state index < -0.39 is 0 Å². The van der Waals surface area contributed by atoms with Gasteiger partial charge in [-0.05, 0) is 52.6 Å². The van der Waals surface area contributed by atoms with Crippen molar-refractivity contribution in [2.24, 2.45) is 0 Å². The van der Waals surface area contributed by atoms with Gasteiger partial charge in [-0.3, -0.25) is 14.5 Å². The molecule has 2 aliphatic heterocycles. The first-order valence-electron chi connectivity index (χ1n) is 12.0. The summed E-state index contributed by atoms with van der Waals surface area (Å²) in [7, 11) is 0. The van der Waals surface area contributed by atoms with Gasteiger partial charge in [0.05, 0.1) is 10.9 Å². The van der Waals surface area contributed by atoms with E-state index in [1.165, 1.54) is 11.8 Å². The molecule has 0 radical (unpaired) electrons. The lowest BCUT2D eigenvalue weighted by molar-refractivity contribution is -0.115. The molecule has 0 bridgehead atoms. The smallest absolute Gasteiger partial charge is 0.263 e. The molecule has 180 valence electrons. The maximum Gasteiger partial charge on any atom is 0.263 e. The van der Waals surface area contributed by atoms with Crippen LogP contribution in [0.15, 0.2) is 114 Å². The summed E-state index contributed by atoms with van der Waals surface area (Å²) in [4.78, 5) is 28.9. The quantitative estimate of drug-likeness (QED) is 0.241. The molecule has 6 rings (SSSR count). The van der Waals surface area contributed by atoms with Gasteiger partial charge >= 0.3 is 0 Å². The summed E-state index contributed by atoms with van der Waals surface area (Å²) in [6, 6.07) is 35.7. The van der Waals surface area contributed by atoms with Gasteiger partial charge in [-0.25, -0.2) is 0 Å². The number of carbonyl (C=O) groups is 2. The predicted octanol–water partition coefficient (Wildman–Crippen LogP) is 6.71. The van der Waals surface area contributed by atoms with Crippen molar-refractivity contribution < 1.29 is 9.59 Å². The molecule has 0 saturated carbocycles. The van der Waals surface area contributed by atoms with Crippen LogP contribution in [0.3, 0.4) is 0 Å². The van der Waals surface area contributed by atoms with Crippen molar-refractivity contribution in [2.75, 3.05) is 4.90 Å². The Morgan fingerprint density at radius 2 is 1.46 bits per heavy atom. The minimum atomic E-state index is -0.231. The van der Waals surface area contributed by atoms with Crippen LogP contribution in [0.25, 0.3) is 6.08 Å². The van der Waals surface area contributed by atoms with Crippen molar-refractivity contribution in [3.8, 4) is 0 Å². The van der Waals surface area contributed by atoms with Crippen LogP contribution in [0, 0.1) is 0 Å². The number of benzene rings is 4. The van der Waals surface area contributed by atoms with E-state index in [1.54, 1.807) is 0 Å². The van der Waals surface area contributed by atoms with Gasteiger partial charge in [0.25, 0.3) is 11.8 Å². The van der Waals surface area contributed by atoms with Gasteiger partial charge in [0.2, 0.25) is 0 Å². The summed E-state index contributed by atoms with van der Waals surface area (Å²) >= 11 is 6.42. The number of hydrogen-bond donors (Lipinski definition) is 1. The maximum atomic E-state index is 14.1. The Balaban J connectivity index is 1.55. The van der Waals surface area contributed by atoms with Crippen LogP contribution in [0.2, 0.25) is 0 Å². The minimum absolute atomic E-state index is 0.0451. The number of nitrogens with one attached hydrogen (secondary N) is 1. The third-order valence-electron chi connectivity index (χ3n) is 6.72. The number of nitrogens with zero attached hydrogens (tertiary/aromatic N) is 1. The molecule has 4 aromatic rings. The van der Waals surface area contributed by atoms with E-state index >= 15 is 0 Å². The number of thioether (sulfide) groups is 1. The summed E-state index contributed by atoms with van der Waals surface area (Å²) < 4.78 is 0.461. The maximum absolute atomic E-state index is 14.1. The molecule has 2 atom stereocenters. The number of thiocarbonyl (C=S) groups is 1. The first-order chi connectivity index (χ1) is 18.1. The van der Waals surface area contributed by atoms with Crippen molar-refractivity contribution >= 4 is 51.9 Å². The Labute approximate surface area is 225 Å². The standard InChI is InChI=1S/C31H22N2O2S2/c34-29-26(37-31(36)32-29)19-20-16-17-25-24(18-20)27(21-10-4-1-5-11-21)28(22-12-6-2-7-13-22)33(25)30(35)23-14-8-3-9-15-23/h1-19,27-28H,(H,32,34,36). The van der Waals surface area contributed by atoms with E-state index in [-0.39, 0.29) is 23.8 Å². The Morgan fingerprint density at radius 1 is 0.838 bits per heavy atom. The van der Waals surface area contributed by atoms with Crippen LogP contribution in [-0.4, -0.2) is 16.1 Å². The topological polar surface area (TPSA) is 49.4 Å². The van der Waals surface area contributed by atoms with E-state index in [9.17, 15) is 9.59 Å². The van der Waals surface area contributed by atoms with Crippen LogP contribution in [0.5, 0.6) is 0 Å². The molecule has 37 heavy (non-hydrogen) atoms. The number of carbonyl (C=O) groups excluding carboxylic acids is 2. The van der Waals surface area contributed by atoms with Crippen molar-refractivity contribution in [1.82, 2.24) is 5.32 Å². The fourth-order valence-corrected chi connectivity index (χ4v) is 6.19. The number of hydrogen-bond acceptors (Lipinski definition) is 4. The average molecular weight is 519 g/mol. The summed E-state index contributed by atoms with van der Waals surface area (Å²) in [5, 5.41) is 2.68. The molecular formula is C31H22N2O2S2. The molecule has 1 fully saturated rings. The molecule has 1 saturated heterocycles. The minimum Gasteiger partial charge on any atom is -0.307 e. The van der Waals surface area contributed by atoms with E-state index in [2.05, 4.69) is 35.6 Å². The molecule has 2 amide bonds. The second-order valence-electron chi connectivity index (χ2n) is 8.96. The van der Waals surface area contributed by atoms with Crippen molar-refractivity contribution in [3.63, 3.8) is 0 Å². The van der Waals surface area contributed by atoms with Crippen molar-refractivity contribution in [3.05, 3.63) is 142 Å². The fourth-order valence-electron chi connectivity index (χ4n) is 5.14. The van der Waals surface area contributed by atoms with E-state index in [4.69, 9.17) is 12.2 Å². The highest BCUT2D eigenvalue weighted by Gasteiger charge is 2.43. The summed E-state index contributed by atoms with van der Waals surface area (Å²) in [5.74, 6) is -0.315. The largest absolute Gasteiger partial charge is 0.307 e. The lowest BCUT2D eigenvalue weighted by Crippen LogP contribution is -2.33. The number of anilines is 1. The predicted molar refractivity (Wildman–Crippen MR) is 153 cm³/mol. The average Bonchev–Trinajstić information content (AvgIpc) is 3.45. The number of rotatable bonds is 4. The van der Waals surface area contributed by atoms with Crippen LogP contribution in [-0.2, 0) is 4.79 Å². The third kappa shape index (κ3) is 4.39. The molecule has 2 unspecified atom stereocenters. The second kappa shape index (κ2) is 9.81. The molecule has 4 nitrogen and oxygen atoms in total. The lowest BCUT2D eigenvalue weighted by Gasteiger charge is -2.30. The van der Waals surface area contributed by atoms with Crippen LogP contribution >= 0.6 is 24.0 Å². The zero-order valence-corrected chi connectivity index (χ0v) is 21.3. The molecule has 0 aromatic heterocycles. The first kappa shape index (κ1) is 23.4. The fraction of sp³-hybridized carbons (Fsp3) is 0.0645. The van der Waals surface area contributed by atoms with Crippen molar-refractivity contribution in [2.45, 2.75) is 12.0 Å². The van der Waals surface area contributed by atoms with Crippen LogP contribution in [0.4, 0.5) is 5.69 Å². The zero-order chi connectivity index (χ0) is 25.4. The van der Waals surface area contributed by atoms with Crippen LogP contribution < -0.4 is 10.2 Å². The molecule has 2 aliphatic rings.